The molecule has 0 aliphatic carbocycles. The first-order valence-electron chi connectivity index (χ1n) is 6.42. The number of hydrogen-bond donors (Lipinski definition) is 2. The zero-order chi connectivity index (χ0) is 14.5. The zero-order valence-corrected chi connectivity index (χ0v) is 11.6. The average molecular weight is 275 g/mol. The molecule has 0 spiro atoms. The zero-order valence-electron chi connectivity index (χ0n) is 11.6. The molecular formula is C14H18FN5. The highest BCUT2D eigenvalue weighted by Gasteiger charge is 2.14. The van der Waals surface area contributed by atoms with E-state index in [1.165, 1.54) is 12.4 Å². The Bertz CT molecular complexity index is 588. The van der Waals surface area contributed by atoms with Gasteiger partial charge in [-0.05, 0) is 12.5 Å². The molecule has 0 saturated carbocycles. The fraction of sp³-hybridized carbons (Fsp3) is 0.286. The summed E-state index contributed by atoms with van der Waals surface area (Å²) in [7, 11) is 1.87. The summed E-state index contributed by atoms with van der Waals surface area (Å²) in [5, 5.41) is 0. The van der Waals surface area contributed by atoms with Crippen LogP contribution in [-0.4, -0.2) is 17.0 Å². The van der Waals surface area contributed by atoms with Gasteiger partial charge < -0.3 is 10.3 Å². The van der Waals surface area contributed by atoms with Crippen molar-refractivity contribution >= 4 is 11.6 Å². The third-order valence-electron chi connectivity index (χ3n) is 3.14. The van der Waals surface area contributed by atoms with Crippen LogP contribution in [0.15, 0.2) is 30.6 Å². The van der Waals surface area contributed by atoms with Crippen molar-refractivity contribution in [2.45, 2.75) is 19.9 Å². The lowest BCUT2D eigenvalue weighted by Crippen LogP contribution is -2.22. The van der Waals surface area contributed by atoms with Gasteiger partial charge >= 0.3 is 0 Å². The largest absolute Gasteiger partial charge is 0.355 e. The topological polar surface area (TPSA) is 67.1 Å². The minimum absolute atomic E-state index is 0.219. The summed E-state index contributed by atoms with van der Waals surface area (Å²) in [5.74, 6) is 6.58. The fourth-order valence-corrected chi connectivity index (χ4v) is 2.14. The van der Waals surface area contributed by atoms with Crippen LogP contribution < -0.4 is 16.2 Å². The summed E-state index contributed by atoms with van der Waals surface area (Å²) in [5.41, 5.74) is 4.10. The number of rotatable bonds is 5. The van der Waals surface area contributed by atoms with Crippen molar-refractivity contribution in [3.63, 3.8) is 0 Å². The van der Waals surface area contributed by atoms with E-state index in [9.17, 15) is 4.39 Å². The van der Waals surface area contributed by atoms with E-state index < -0.39 is 0 Å². The molecule has 0 bridgehead atoms. The predicted molar refractivity (Wildman–Crippen MR) is 77.7 cm³/mol. The van der Waals surface area contributed by atoms with Gasteiger partial charge in [0.25, 0.3) is 0 Å². The summed E-state index contributed by atoms with van der Waals surface area (Å²) in [4.78, 5) is 10.3. The molecule has 2 aromatic rings. The number of hydrogen-bond acceptors (Lipinski definition) is 5. The van der Waals surface area contributed by atoms with Gasteiger partial charge in [-0.2, -0.15) is 0 Å². The first kappa shape index (κ1) is 14.2. The Morgan fingerprint density at radius 1 is 1.30 bits per heavy atom. The van der Waals surface area contributed by atoms with Crippen LogP contribution >= 0.6 is 0 Å². The maximum atomic E-state index is 13.7. The number of hydrazine groups is 1. The molecule has 0 saturated heterocycles. The lowest BCUT2D eigenvalue weighted by atomic mass is 10.1. The lowest BCUT2D eigenvalue weighted by Gasteiger charge is -2.22. The van der Waals surface area contributed by atoms with Gasteiger partial charge in [0.05, 0.1) is 0 Å². The summed E-state index contributed by atoms with van der Waals surface area (Å²) in [6.07, 6.45) is 2.18. The van der Waals surface area contributed by atoms with E-state index in [2.05, 4.69) is 15.4 Å². The quantitative estimate of drug-likeness (QED) is 0.646. The number of aromatic nitrogens is 2. The van der Waals surface area contributed by atoms with E-state index in [-0.39, 0.29) is 5.82 Å². The van der Waals surface area contributed by atoms with E-state index in [4.69, 9.17) is 5.84 Å². The minimum Gasteiger partial charge on any atom is -0.355 e. The Hall–Kier alpha value is -2.21. The highest BCUT2D eigenvalue weighted by molar-refractivity contribution is 5.58. The highest BCUT2D eigenvalue weighted by Crippen LogP contribution is 2.24. The van der Waals surface area contributed by atoms with Crippen LogP contribution in [0.1, 0.15) is 18.1 Å². The van der Waals surface area contributed by atoms with Crippen LogP contribution in [0.4, 0.5) is 16.0 Å². The van der Waals surface area contributed by atoms with Crippen molar-refractivity contribution < 1.29 is 4.39 Å². The second-order valence-electron chi connectivity index (χ2n) is 4.47. The molecule has 0 atom stereocenters. The van der Waals surface area contributed by atoms with Crippen molar-refractivity contribution in [1.29, 1.82) is 0 Å². The van der Waals surface area contributed by atoms with Crippen molar-refractivity contribution in [1.82, 2.24) is 9.97 Å². The number of halogens is 1. The molecule has 0 aliphatic heterocycles. The Morgan fingerprint density at radius 2 is 2.05 bits per heavy atom. The van der Waals surface area contributed by atoms with Crippen LogP contribution in [-0.2, 0) is 13.0 Å². The normalized spacial score (nSPS) is 10.4. The van der Waals surface area contributed by atoms with Gasteiger partial charge in [0.15, 0.2) is 0 Å². The van der Waals surface area contributed by atoms with Crippen molar-refractivity contribution in [3.8, 4) is 0 Å². The van der Waals surface area contributed by atoms with E-state index in [0.717, 1.165) is 17.8 Å². The molecule has 6 heteroatoms. The predicted octanol–water partition coefficient (Wildman–Crippen LogP) is 2.10. The Kier molecular flexibility index (Phi) is 4.47. The first-order valence-corrected chi connectivity index (χ1v) is 6.42. The van der Waals surface area contributed by atoms with Gasteiger partial charge in [0, 0.05) is 24.7 Å². The van der Waals surface area contributed by atoms with Gasteiger partial charge in [-0.25, -0.2) is 20.2 Å². The Balaban J connectivity index is 2.30. The molecule has 3 N–H and O–H groups in total. The molecule has 106 valence electrons. The van der Waals surface area contributed by atoms with Crippen molar-refractivity contribution in [3.05, 3.63) is 47.5 Å². The summed E-state index contributed by atoms with van der Waals surface area (Å²) in [6, 6.07) is 6.72. The smallest absolute Gasteiger partial charge is 0.148 e. The van der Waals surface area contributed by atoms with E-state index in [0.29, 0.717) is 17.9 Å². The molecule has 5 nitrogen and oxygen atoms in total. The van der Waals surface area contributed by atoms with Crippen LogP contribution in [0.25, 0.3) is 0 Å². The summed E-state index contributed by atoms with van der Waals surface area (Å²) >= 11 is 0. The minimum atomic E-state index is -0.219. The summed E-state index contributed by atoms with van der Waals surface area (Å²) in [6.45, 7) is 2.43. The average Bonchev–Trinajstić information content (AvgIpc) is 2.48. The third-order valence-corrected chi connectivity index (χ3v) is 3.14. The number of nitrogens with zero attached hydrogens (tertiary/aromatic N) is 3. The van der Waals surface area contributed by atoms with Gasteiger partial charge in [-0.15, -0.1) is 0 Å². The van der Waals surface area contributed by atoms with Gasteiger partial charge in [-0.1, -0.05) is 25.1 Å². The van der Waals surface area contributed by atoms with Crippen molar-refractivity contribution in [2.24, 2.45) is 5.84 Å². The van der Waals surface area contributed by atoms with Gasteiger partial charge in [0.2, 0.25) is 0 Å². The Morgan fingerprint density at radius 3 is 2.70 bits per heavy atom. The number of nitrogen functional groups attached to an aromatic ring is 1. The third kappa shape index (κ3) is 2.85. The van der Waals surface area contributed by atoms with Crippen LogP contribution in [0.2, 0.25) is 0 Å². The second kappa shape index (κ2) is 6.29. The molecule has 0 fully saturated rings. The Labute approximate surface area is 117 Å². The second-order valence-corrected chi connectivity index (χ2v) is 4.47. The highest BCUT2D eigenvalue weighted by atomic mass is 19.1. The first-order chi connectivity index (χ1) is 9.67. The molecule has 1 aromatic heterocycles. The van der Waals surface area contributed by atoms with E-state index >= 15 is 0 Å². The number of nitrogens with one attached hydrogen (secondary N) is 1. The molecule has 1 heterocycles. The molecule has 20 heavy (non-hydrogen) atoms. The number of anilines is 2. The van der Waals surface area contributed by atoms with E-state index in [1.807, 2.05) is 24.9 Å². The maximum absolute atomic E-state index is 13.7. The van der Waals surface area contributed by atoms with Crippen LogP contribution in [0.3, 0.4) is 0 Å². The SMILES string of the molecule is CCc1c(NN)ncnc1N(C)Cc1ccccc1F. The fourth-order valence-electron chi connectivity index (χ4n) is 2.14. The molecule has 0 unspecified atom stereocenters. The maximum Gasteiger partial charge on any atom is 0.148 e. The summed E-state index contributed by atoms with van der Waals surface area (Å²) < 4.78 is 13.7. The van der Waals surface area contributed by atoms with Gasteiger partial charge in [-0.3, -0.25) is 0 Å². The van der Waals surface area contributed by atoms with E-state index in [1.54, 1.807) is 12.1 Å². The monoisotopic (exact) mass is 275 g/mol. The van der Waals surface area contributed by atoms with Crippen LogP contribution in [0, 0.1) is 5.82 Å². The lowest BCUT2D eigenvalue weighted by molar-refractivity contribution is 0.607. The van der Waals surface area contributed by atoms with Crippen LogP contribution in [0.5, 0.6) is 0 Å². The molecule has 1 aromatic carbocycles. The molecule has 0 radical (unpaired) electrons. The standard InChI is InChI=1S/C14H18FN5/c1-3-11-13(19-16)17-9-18-14(11)20(2)8-10-6-4-5-7-12(10)15/h4-7,9H,3,8,16H2,1-2H3,(H,17,18,19). The van der Waals surface area contributed by atoms with Gasteiger partial charge in [0.1, 0.15) is 23.8 Å². The molecular weight excluding hydrogens is 257 g/mol. The number of benzene rings is 1. The molecule has 0 aliphatic rings. The number of nitrogens with two attached hydrogens (primary N) is 1. The molecule has 2 rings (SSSR count). The molecule has 0 amide bonds. The van der Waals surface area contributed by atoms with Crippen molar-refractivity contribution in [2.75, 3.05) is 17.4 Å².